The van der Waals surface area contributed by atoms with Gasteiger partial charge in [0.1, 0.15) is 5.65 Å². The molecule has 2 heterocycles. The van der Waals surface area contributed by atoms with Crippen LogP contribution in [0.4, 0.5) is 0 Å². The highest BCUT2D eigenvalue weighted by Gasteiger charge is 2.12. The molecule has 1 aromatic carbocycles. The van der Waals surface area contributed by atoms with Crippen LogP contribution in [0.25, 0.3) is 16.6 Å². The van der Waals surface area contributed by atoms with Crippen molar-refractivity contribution in [2.24, 2.45) is 0 Å². The Hall–Kier alpha value is -2.36. The van der Waals surface area contributed by atoms with Gasteiger partial charge < -0.3 is 5.11 Å². The van der Waals surface area contributed by atoms with Gasteiger partial charge in [-0.25, -0.2) is 9.78 Å². The van der Waals surface area contributed by atoms with Crippen LogP contribution >= 0.6 is 0 Å². The van der Waals surface area contributed by atoms with Crippen molar-refractivity contribution >= 4 is 22.5 Å². The molecule has 3 aromatic rings. The van der Waals surface area contributed by atoms with Gasteiger partial charge in [0.25, 0.3) is 0 Å². The molecule has 0 saturated heterocycles. The lowest BCUT2D eigenvalue weighted by Gasteiger charge is -2.07. The number of fused-ring (bicyclic) bond motifs is 3. The van der Waals surface area contributed by atoms with Gasteiger partial charge in [-0.3, -0.25) is 4.40 Å². The second-order valence-electron chi connectivity index (χ2n) is 4.46. The molecule has 0 spiro atoms. The number of aryl methyl sites for hydroxylation is 2. The Morgan fingerprint density at radius 2 is 2.06 bits per heavy atom. The van der Waals surface area contributed by atoms with Crippen molar-refractivity contribution in [3.8, 4) is 0 Å². The summed E-state index contributed by atoms with van der Waals surface area (Å²) in [5.74, 6) is -1.00. The minimum absolute atomic E-state index is 0.0742. The van der Waals surface area contributed by atoms with E-state index < -0.39 is 5.97 Å². The van der Waals surface area contributed by atoms with E-state index in [1.165, 1.54) is 0 Å². The first kappa shape index (κ1) is 10.8. The molecule has 0 aliphatic carbocycles. The first-order chi connectivity index (χ1) is 8.58. The molecule has 0 fully saturated rings. The molecule has 2 aromatic heterocycles. The number of nitrogens with zero attached hydrogens (tertiary/aromatic N) is 2. The molecule has 3 rings (SSSR count). The summed E-state index contributed by atoms with van der Waals surface area (Å²) >= 11 is 0. The van der Waals surface area contributed by atoms with Crippen LogP contribution in [-0.4, -0.2) is 20.5 Å². The number of carboxylic acid groups (broad SMARTS) is 1. The zero-order valence-corrected chi connectivity index (χ0v) is 10.1. The number of hydrogen-bond donors (Lipinski definition) is 1. The summed E-state index contributed by atoms with van der Waals surface area (Å²) in [7, 11) is 0. The zero-order valence-electron chi connectivity index (χ0n) is 10.1. The first-order valence-corrected chi connectivity index (χ1v) is 5.69. The molecule has 0 amide bonds. The monoisotopic (exact) mass is 240 g/mol. The Labute approximate surface area is 104 Å². The fourth-order valence-electron chi connectivity index (χ4n) is 2.35. The van der Waals surface area contributed by atoms with Gasteiger partial charge in [-0.1, -0.05) is 18.2 Å². The lowest BCUT2D eigenvalue weighted by Crippen LogP contribution is -1.95. The molecular formula is C14H12N2O2. The van der Waals surface area contributed by atoms with E-state index in [9.17, 15) is 4.79 Å². The second kappa shape index (κ2) is 3.57. The van der Waals surface area contributed by atoms with Crippen LogP contribution in [0.5, 0.6) is 0 Å². The van der Waals surface area contributed by atoms with E-state index in [-0.39, 0.29) is 5.69 Å². The third-order valence-corrected chi connectivity index (χ3v) is 3.20. The number of para-hydroxylation sites is 1. The summed E-state index contributed by atoms with van der Waals surface area (Å²) in [6.07, 6.45) is 1.58. The highest BCUT2D eigenvalue weighted by Crippen LogP contribution is 2.24. The molecular weight excluding hydrogens is 228 g/mol. The van der Waals surface area contributed by atoms with E-state index in [2.05, 4.69) is 4.98 Å². The molecule has 4 heteroatoms. The number of aromatic nitrogens is 2. The van der Waals surface area contributed by atoms with Crippen LogP contribution in [-0.2, 0) is 0 Å². The number of hydrogen-bond acceptors (Lipinski definition) is 2. The van der Waals surface area contributed by atoms with Gasteiger partial charge in [0.2, 0.25) is 0 Å². The average Bonchev–Trinajstić information content (AvgIpc) is 2.73. The Balaban J connectivity index is 2.55. The highest BCUT2D eigenvalue weighted by atomic mass is 16.4. The SMILES string of the molecule is Cc1cc2nc(C(=O)O)cn2c2c(C)cccc12. The number of carboxylic acids is 1. The lowest BCUT2D eigenvalue weighted by molar-refractivity contribution is 0.0691. The number of imidazole rings is 1. The number of aromatic carboxylic acids is 1. The minimum Gasteiger partial charge on any atom is -0.476 e. The van der Waals surface area contributed by atoms with Crippen LogP contribution in [0.15, 0.2) is 30.5 Å². The van der Waals surface area contributed by atoms with E-state index in [4.69, 9.17) is 5.11 Å². The molecule has 0 radical (unpaired) electrons. The number of pyridine rings is 1. The molecule has 0 saturated carbocycles. The van der Waals surface area contributed by atoms with Crippen LogP contribution in [0, 0.1) is 13.8 Å². The van der Waals surface area contributed by atoms with Crippen LogP contribution in [0.2, 0.25) is 0 Å². The maximum absolute atomic E-state index is 11.0. The smallest absolute Gasteiger partial charge is 0.356 e. The fraction of sp³-hybridized carbons (Fsp3) is 0.143. The van der Waals surface area contributed by atoms with E-state index in [1.807, 2.05) is 42.5 Å². The fourth-order valence-corrected chi connectivity index (χ4v) is 2.35. The van der Waals surface area contributed by atoms with Gasteiger partial charge in [0.15, 0.2) is 5.69 Å². The minimum atomic E-state index is -1.00. The van der Waals surface area contributed by atoms with E-state index in [0.29, 0.717) is 5.65 Å². The van der Waals surface area contributed by atoms with Crippen molar-refractivity contribution in [2.75, 3.05) is 0 Å². The van der Waals surface area contributed by atoms with Gasteiger partial charge in [-0.2, -0.15) is 0 Å². The first-order valence-electron chi connectivity index (χ1n) is 5.69. The maximum atomic E-state index is 11.0. The number of benzene rings is 1. The van der Waals surface area contributed by atoms with Gasteiger partial charge in [0, 0.05) is 11.6 Å². The Bertz CT molecular complexity index is 787. The van der Waals surface area contributed by atoms with Crippen LogP contribution in [0.3, 0.4) is 0 Å². The van der Waals surface area contributed by atoms with Gasteiger partial charge >= 0.3 is 5.97 Å². The van der Waals surface area contributed by atoms with Crippen molar-refractivity contribution in [1.29, 1.82) is 0 Å². The third kappa shape index (κ3) is 1.39. The van der Waals surface area contributed by atoms with Gasteiger partial charge in [-0.05, 0) is 31.0 Å². The third-order valence-electron chi connectivity index (χ3n) is 3.20. The van der Waals surface area contributed by atoms with Crippen molar-refractivity contribution < 1.29 is 9.90 Å². The van der Waals surface area contributed by atoms with Crippen molar-refractivity contribution in [1.82, 2.24) is 9.38 Å². The maximum Gasteiger partial charge on any atom is 0.356 e. The topological polar surface area (TPSA) is 54.6 Å². The van der Waals surface area contributed by atoms with E-state index in [1.54, 1.807) is 6.20 Å². The van der Waals surface area contributed by atoms with Crippen molar-refractivity contribution in [2.45, 2.75) is 13.8 Å². The molecule has 0 aliphatic rings. The summed E-state index contributed by atoms with van der Waals surface area (Å²) in [5.41, 5.74) is 3.98. The van der Waals surface area contributed by atoms with Crippen molar-refractivity contribution in [3.05, 3.63) is 47.3 Å². The van der Waals surface area contributed by atoms with Crippen LogP contribution < -0.4 is 0 Å². The highest BCUT2D eigenvalue weighted by molar-refractivity contribution is 5.91. The Morgan fingerprint density at radius 1 is 1.28 bits per heavy atom. The molecule has 0 atom stereocenters. The summed E-state index contributed by atoms with van der Waals surface area (Å²) in [6, 6.07) is 7.97. The second-order valence-corrected chi connectivity index (χ2v) is 4.46. The normalized spacial score (nSPS) is 11.2. The molecule has 4 nitrogen and oxygen atoms in total. The van der Waals surface area contributed by atoms with Gasteiger partial charge in [0.05, 0.1) is 5.52 Å². The molecule has 90 valence electrons. The summed E-state index contributed by atoms with van der Waals surface area (Å²) in [5, 5.41) is 10.1. The molecule has 0 bridgehead atoms. The van der Waals surface area contributed by atoms with E-state index >= 15 is 0 Å². The average molecular weight is 240 g/mol. The molecule has 18 heavy (non-hydrogen) atoms. The quantitative estimate of drug-likeness (QED) is 0.711. The largest absolute Gasteiger partial charge is 0.476 e. The summed E-state index contributed by atoms with van der Waals surface area (Å²) in [6.45, 7) is 4.03. The van der Waals surface area contributed by atoms with E-state index in [0.717, 1.165) is 22.0 Å². The van der Waals surface area contributed by atoms with Gasteiger partial charge in [-0.15, -0.1) is 0 Å². The summed E-state index contributed by atoms with van der Waals surface area (Å²) < 4.78 is 1.85. The predicted octanol–water partition coefficient (Wildman–Crippen LogP) is 2.80. The Morgan fingerprint density at radius 3 is 2.78 bits per heavy atom. The number of rotatable bonds is 1. The summed E-state index contributed by atoms with van der Waals surface area (Å²) in [4.78, 5) is 15.1. The van der Waals surface area contributed by atoms with Crippen LogP contribution in [0.1, 0.15) is 21.6 Å². The molecule has 1 N–H and O–H groups in total. The van der Waals surface area contributed by atoms with Crippen molar-refractivity contribution in [3.63, 3.8) is 0 Å². The lowest BCUT2D eigenvalue weighted by atomic mass is 10.1. The molecule has 0 aliphatic heterocycles. The molecule has 0 unspecified atom stereocenters. The Kier molecular flexibility index (Phi) is 2.13. The zero-order chi connectivity index (χ0) is 12.9. The predicted molar refractivity (Wildman–Crippen MR) is 69.1 cm³/mol. The standard InChI is InChI=1S/C14H12N2O2/c1-8-4-3-5-10-9(2)6-12-15-11(14(17)18)7-16(12)13(8)10/h3-7H,1-2H3,(H,17,18). The number of carbonyl (C=O) groups is 1.